The molecule has 0 saturated carbocycles. The fourth-order valence-electron chi connectivity index (χ4n) is 8.91. The van der Waals surface area contributed by atoms with Crippen molar-refractivity contribution < 1.29 is 37.3 Å². The molecule has 0 radical (unpaired) electrons. The molecule has 0 saturated heterocycles. The van der Waals surface area contributed by atoms with Gasteiger partial charge in [-0.15, -0.1) is 0 Å². The maximum atomic E-state index is 12.8. The summed E-state index contributed by atoms with van der Waals surface area (Å²) in [7, 11) is 1.69. The Morgan fingerprint density at radius 2 is 0.697 bits per heavy atom. The summed E-state index contributed by atoms with van der Waals surface area (Å²) in [6.45, 7) is 5.72. The first-order valence-corrected chi connectivity index (χ1v) is 30.8. The molecule has 0 aliphatic heterocycles. The van der Waals surface area contributed by atoms with E-state index < -0.39 is 13.9 Å². The molecule has 0 aliphatic rings. The first-order valence-electron chi connectivity index (χ1n) is 29.3. The number of quaternary nitrogens is 1. The van der Waals surface area contributed by atoms with Crippen LogP contribution in [0.15, 0.2) is 0 Å². The van der Waals surface area contributed by atoms with E-state index in [1.807, 2.05) is 21.1 Å². The molecule has 0 bridgehead atoms. The summed E-state index contributed by atoms with van der Waals surface area (Å²) in [6, 6.07) is 0. The molecule has 0 aromatic heterocycles. The van der Waals surface area contributed by atoms with Crippen LogP contribution >= 0.6 is 7.82 Å². The molecular weight excluding hydrogens is 842 g/mol. The molecule has 9 heteroatoms. The van der Waals surface area contributed by atoms with Crippen molar-refractivity contribution in [3.05, 3.63) is 0 Å². The summed E-state index contributed by atoms with van der Waals surface area (Å²) in [5, 5.41) is 0. The minimum absolute atomic E-state index is 0.0945. The van der Waals surface area contributed by atoms with Crippen molar-refractivity contribution in [3.63, 3.8) is 0 Å². The molecule has 66 heavy (non-hydrogen) atoms. The minimum Gasteiger partial charge on any atom is -0.457 e. The molecule has 0 fully saturated rings. The van der Waals surface area contributed by atoms with Gasteiger partial charge in [0.1, 0.15) is 19.3 Å². The van der Waals surface area contributed by atoms with Crippen LogP contribution in [-0.2, 0) is 27.9 Å². The largest absolute Gasteiger partial charge is 0.472 e. The van der Waals surface area contributed by atoms with Gasteiger partial charge < -0.3 is 18.9 Å². The van der Waals surface area contributed by atoms with Crippen molar-refractivity contribution in [1.29, 1.82) is 0 Å². The van der Waals surface area contributed by atoms with Crippen molar-refractivity contribution in [2.24, 2.45) is 0 Å². The van der Waals surface area contributed by atoms with Crippen LogP contribution in [0.2, 0.25) is 0 Å². The SMILES string of the molecule is CCCCCCCCCCCCCCCCCCCCCCCCOCC(COP(=O)(O)OCC[N+](C)(C)C)OC(=O)CCCCCCCCCCCCCCCCCCCCCCCC. The lowest BCUT2D eigenvalue weighted by molar-refractivity contribution is -0.870. The van der Waals surface area contributed by atoms with E-state index in [0.29, 0.717) is 24.1 Å². The van der Waals surface area contributed by atoms with Gasteiger partial charge in [0.25, 0.3) is 0 Å². The second-order valence-electron chi connectivity index (χ2n) is 21.4. The third-order valence-corrected chi connectivity index (χ3v) is 14.4. The maximum Gasteiger partial charge on any atom is 0.472 e. The van der Waals surface area contributed by atoms with E-state index in [1.54, 1.807) is 0 Å². The first-order chi connectivity index (χ1) is 32.1. The highest BCUT2D eigenvalue weighted by Crippen LogP contribution is 2.43. The van der Waals surface area contributed by atoms with E-state index in [-0.39, 0.29) is 25.8 Å². The number of unbranched alkanes of at least 4 members (excludes halogenated alkanes) is 42. The zero-order valence-corrected chi connectivity index (χ0v) is 46.1. The lowest BCUT2D eigenvalue weighted by Crippen LogP contribution is -2.37. The van der Waals surface area contributed by atoms with Crippen LogP contribution in [0.5, 0.6) is 0 Å². The summed E-state index contributed by atoms with van der Waals surface area (Å²) in [4.78, 5) is 23.1. The van der Waals surface area contributed by atoms with Crippen molar-refractivity contribution in [2.75, 3.05) is 54.1 Å². The molecule has 0 aromatic carbocycles. The van der Waals surface area contributed by atoms with Crippen LogP contribution in [0.3, 0.4) is 0 Å². The van der Waals surface area contributed by atoms with Crippen molar-refractivity contribution in [1.82, 2.24) is 0 Å². The topological polar surface area (TPSA) is 91.3 Å². The smallest absolute Gasteiger partial charge is 0.457 e. The normalized spacial score (nSPS) is 13.4. The highest BCUT2D eigenvalue weighted by molar-refractivity contribution is 7.47. The zero-order valence-electron chi connectivity index (χ0n) is 45.2. The average Bonchev–Trinajstić information content (AvgIpc) is 3.28. The lowest BCUT2D eigenvalue weighted by Gasteiger charge is -2.24. The molecule has 8 nitrogen and oxygen atoms in total. The molecular formula is C57H117NO7P+. The molecule has 0 rings (SSSR count). The number of ether oxygens (including phenoxy) is 2. The highest BCUT2D eigenvalue weighted by Gasteiger charge is 2.26. The second kappa shape index (κ2) is 50.9. The quantitative estimate of drug-likeness (QED) is 0.0281. The van der Waals surface area contributed by atoms with Crippen LogP contribution in [0.4, 0.5) is 0 Å². The third-order valence-electron chi connectivity index (χ3n) is 13.4. The Bertz CT molecular complexity index is 1020. The molecule has 2 atom stereocenters. The summed E-state index contributed by atoms with van der Waals surface area (Å²) < 4.78 is 35.3. The zero-order chi connectivity index (χ0) is 48.3. The van der Waals surface area contributed by atoms with E-state index in [1.165, 1.54) is 250 Å². The number of esters is 1. The minimum atomic E-state index is -4.28. The number of nitrogens with zero attached hydrogens (tertiary/aromatic N) is 1. The Morgan fingerprint density at radius 3 is 1.00 bits per heavy atom. The van der Waals surface area contributed by atoms with Gasteiger partial charge in [0.15, 0.2) is 0 Å². The van der Waals surface area contributed by atoms with E-state index in [0.717, 1.165) is 32.1 Å². The van der Waals surface area contributed by atoms with E-state index in [2.05, 4.69) is 13.8 Å². The number of hydrogen-bond acceptors (Lipinski definition) is 6. The van der Waals surface area contributed by atoms with Crippen molar-refractivity contribution >= 4 is 13.8 Å². The van der Waals surface area contributed by atoms with Gasteiger partial charge >= 0.3 is 13.8 Å². The summed E-state index contributed by atoms with van der Waals surface area (Å²) in [5.74, 6) is -0.302. The Labute approximate surface area is 412 Å². The highest BCUT2D eigenvalue weighted by atomic mass is 31.2. The van der Waals surface area contributed by atoms with E-state index in [4.69, 9.17) is 18.5 Å². The number of carbonyl (C=O) groups excluding carboxylic acids is 1. The average molecular weight is 960 g/mol. The molecule has 0 aliphatic carbocycles. The predicted molar refractivity (Wildman–Crippen MR) is 284 cm³/mol. The first kappa shape index (κ1) is 65.5. The van der Waals surface area contributed by atoms with Crippen molar-refractivity contribution in [3.8, 4) is 0 Å². The molecule has 0 amide bonds. The Kier molecular flexibility index (Phi) is 50.5. The van der Waals surface area contributed by atoms with Crippen molar-refractivity contribution in [2.45, 2.75) is 309 Å². The summed E-state index contributed by atoms with van der Waals surface area (Å²) >= 11 is 0. The van der Waals surface area contributed by atoms with Gasteiger partial charge in [-0.2, -0.15) is 0 Å². The van der Waals surface area contributed by atoms with Crippen LogP contribution in [0, 0.1) is 0 Å². The van der Waals surface area contributed by atoms with Crippen LogP contribution < -0.4 is 0 Å². The van der Waals surface area contributed by atoms with Gasteiger partial charge in [0.2, 0.25) is 0 Å². The van der Waals surface area contributed by atoms with Crippen LogP contribution in [0.1, 0.15) is 303 Å². The lowest BCUT2D eigenvalue weighted by atomic mass is 10.0. The Hall–Kier alpha value is -0.500. The van der Waals surface area contributed by atoms with Gasteiger partial charge in [0, 0.05) is 13.0 Å². The molecule has 396 valence electrons. The summed E-state index contributed by atoms with van der Waals surface area (Å²) in [5.41, 5.74) is 0. The fourth-order valence-corrected chi connectivity index (χ4v) is 9.65. The maximum absolute atomic E-state index is 12.8. The van der Waals surface area contributed by atoms with E-state index in [9.17, 15) is 14.3 Å². The number of rotatable bonds is 56. The van der Waals surface area contributed by atoms with Gasteiger partial charge in [-0.3, -0.25) is 13.8 Å². The standard InChI is InChI=1S/C57H116NO7P/c1-6-8-10-12-14-16-18-20-22-24-26-28-30-32-34-36-38-40-42-44-46-48-50-57(59)65-56(55-64-66(60,61)63-53-51-58(3,4)5)54-62-52-49-47-45-43-41-39-37-35-33-31-29-27-25-23-21-19-17-15-13-11-9-7-2/h56H,6-55H2,1-5H3/p+1. The van der Waals surface area contributed by atoms with Crippen LogP contribution in [-0.4, -0.2) is 75.6 Å². The number of phosphoric ester groups is 1. The molecule has 0 spiro atoms. The molecule has 0 heterocycles. The monoisotopic (exact) mass is 959 g/mol. The fraction of sp³-hybridized carbons (Fsp3) is 0.982. The number of likely N-dealkylation sites (N-methyl/N-ethyl adjacent to an activating group) is 1. The van der Waals surface area contributed by atoms with E-state index >= 15 is 0 Å². The van der Waals surface area contributed by atoms with Gasteiger partial charge in [-0.1, -0.05) is 284 Å². The Balaban J connectivity index is 4.00. The van der Waals surface area contributed by atoms with Gasteiger partial charge in [0.05, 0.1) is 34.4 Å². The number of carbonyl (C=O) groups is 1. The number of hydrogen-bond donors (Lipinski definition) is 1. The molecule has 1 N–H and O–H groups in total. The molecule has 0 aromatic rings. The Morgan fingerprint density at radius 1 is 0.409 bits per heavy atom. The third kappa shape index (κ3) is 54.4. The van der Waals surface area contributed by atoms with Gasteiger partial charge in [-0.25, -0.2) is 4.57 Å². The predicted octanol–water partition coefficient (Wildman–Crippen LogP) is 18.3. The van der Waals surface area contributed by atoms with Crippen LogP contribution in [0.25, 0.3) is 0 Å². The van der Waals surface area contributed by atoms with Gasteiger partial charge in [-0.05, 0) is 12.8 Å². The second-order valence-corrected chi connectivity index (χ2v) is 22.9. The summed E-state index contributed by atoms with van der Waals surface area (Å²) in [6.07, 6.45) is 58.8. The number of phosphoric acid groups is 1. The molecule has 2 unspecified atom stereocenters.